The van der Waals surface area contributed by atoms with Crippen molar-refractivity contribution in [2.45, 2.75) is 0 Å². The molecule has 2 rings (SSSR count). The van der Waals surface area contributed by atoms with E-state index in [0.717, 1.165) is 21.9 Å². The minimum Gasteiger partial charge on any atom is -0.186 e. The molecule has 128 valence electrons. The van der Waals surface area contributed by atoms with Gasteiger partial charge in [0.25, 0.3) is 0 Å². The van der Waals surface area contributed by atoms with Crippen LogP contribution >= 0.6 is 43.3 Å². The van der Waals surface area contributed by atoms with Crippen molar-refractivity contribution in [2.24, 2.45) is 0 Å². The number of hydrogen-bond donors (Lipinski definition) is 0. The normalized spacial score (nSPS) is 12.8. The highest BCUT2D eigenvalue weighted by Crippen LogP contribution is 2.36. The van der Waals surface area contributed by atoms with E-state index in [1.807, 2.05) is 24.3 Å². The first-order chi connectivity index (χ1) is 11.0. The minimum atomic E-state index is -0.890. The summed E-state index contributed by atoms with van der Waals surface area (Å²) in [6.45, 7) is 0. The monoisotopic (exact) mass is 396 g/mol. The van der Waals surface area contributed by atoms with Crippen molar-refractivity contribution >= 4 is 54.0 Å². The van der Waals surface area contributed by atoms with Crippen LogP contribution < -0.4 is 0 Å². The van der Waals surface area contributed by atoms with Gasteiger partial charge in [-0.15, -0.1) is 0 Å². The van der Waals surface area contributed by atoms with Gasteiger partial charge in [0.15, 0.2) is 0 Å². The molecule has 0 atom stereocenters. The Morgan fingerprint density at radius 3 is 1.25 bits per heavy atom. The quantitative estimate of drug-likeness (QED) is 0.468. The van der Waals surface area contributed by atoms with Crippen molar-refractivity contribution in [3.8, 4) is 22.3 Å². The van der Waals surface area contributed by atoms with Gasteiger partial charge in [-0.05, 0) is 60.2 Å². The summed E-state index contributed by atoms with van der Waals surface area (Å²) >= 11 is 13.1. The third kappa shape index (κ3) is 5.05. The molecule has 0 fully saturated rings. The maximum atomic E-state index is 6.56. The predicted octanol–water partition coefficient (Wildman–Crippen LogP) is 6.15. The summed E-state index contributed by atoms with van der Waals surface area (Å²) in [6.07, 6.45) is 13.0. The number of benzene rings is 2. The zero-order valence-electron chi connectivity index (χ0n) is 14.9. The molecule has 0 amide bonds. The summed E-state index contributed by atoms with van der Waals surface area (Å²) in [6, 6.07) is 7.86. The van der Waals surface area contributed by atoms with E-state index in [1.54, 1.807) is 0 Å². The molecule has 2 aromatic rings. The van der Waals surface area contributed by atoms with Gasteiger partial charge in [-0.1, -0.05) is 47.2 Å². The lowest BCUT2D eigenvalue weighted by Crippen LogP contribution is -1.89. The Bertz CT molecular complexity index is 831. The Morgan fingerprint density at radius 2 is 0.958 bits per heavy atom. The van der Waals surface area contributed by atoms with E-state index in [2.05, 4.69) is 59.9 Å². The second-order valence-corrected chi connectivity index (χ2v) is 15.6. The molecule has 24 heavy (non-hydrogen) atoms. The van der Waals surface area contributed by atoms with E-state index in [-0.39, 0.29) is 0 Å². The molecule has 0 saturated carbocycles. The van der Waals surface area contributed by atoms with Crippen LogP contribution in [-0.4, -0.2) is 37.5 Å². The Hall–Kier alpha value is -0.900. The van der Waals surface area contributed by atoms with E-state index in [9.17, 15) is 0 Å². The van der Waals surface area contributed by atoms with E-state index < -0.39 is 20.1 Å². The highest BCUT2D eigenvalue weighted by molar-refractivity contribution is 8.36. The summed E-state index contributed by atoms with van der Waals surface area (Å²) < 4.78 is 0. The van der Waals surface area contributed by atoms with E-state index in [0.29, 0.717) is 10.0 Å². The summed E-state index contributed by atoms with van der Waals surface area (Å²) in [5.41, 5.74) is 1.70. The number of halogens is 2. The number of rotatable bonds is 0. The molecule has 0 spiro atoms. The fourth-order valence-electron chi connectivity index (χ4n) is 1.94. The fourth-order valence-corrected chi connectivity index (χ4v) is 3.32. The molecule has 0 aliphatic heterocycles. The maximum Gasteiger partial charge on any atom is 0.0641 e. The first-order valence-electron chi connectivity index (χ1n) is 7.31. The highest BCUT2D eigenvalue weighted by Gasteiger charge is 2.10. The molecule has 0 unspecified atom stereocenters. The Morgan fingerprint density at radius 1 is 0.625 bits per heavy atom. The summed E-state index contributed by atoms with van der Waals surface area (Å²) in [5, 5.41) is 9.77. The maximum absolute atomic E-state index is 6.56. The first kappa shape index (κ1) is 19.4. The Kier molecular flexibility index (Phi) is 5.79. The standard InChI is InChI=1S/C20H22Cl2S2/c1-23(2,3)13-11-15-7-9-18-17(19(15)21)10-8-16(20(18)22)12-14-24(4,5)6/h7-10H,1-6H3. The topological polar surface area (TPSA) is 0 Å². The zero-order valence-corrected chi connectivity index (χ0v) is 18.0. The van der Waals surface area contributed by atoms with Crippen LogP contribution in [0.1, 0.15) is 11.1 Å². The van der Waals surface area contributed by atoms with Crippen LogP contribution in [0.2, 0.25) is 10.0 Å². The second kappa shape index (κ2) is 7.15. The van der Waals surface area contributed by atoms with Gasteiger partial charge in [0.1, 0.15) is 0 Å². The molecule has 0 aliphatic carbocycles. The SMILES string of the molecule is CS(C)(C)C#Cc1ccc2c(Cl)c(C#CS(C)(C)C)ccc2c1Cl. The lowest BCUT2D eigenvalue weighted by atomic mass is 10.0. The number of hydrogen-bond acceptors (Lipinski definition) is 0. The van der Waals surface area contributed by atoms with Crippen molar-refractivity contribution in [3.05, 3.63) is 45.4 Å². The molecule has 0 aliphatic rings. The van der Waals surface area contributed by atoms with Gasteiger partial charge in [0.2, 0.25) is 0 Å². The van der Waals surface area contributed by atoms with Crippen LogP contribution in [-0.2, 0) is 0 Å². The van der Waals surface area contributed by atoms with E-state index in [1.165, 1.54) is 0 Å². The van der Waals surface area contributed by atoms with Gasteiger partial charge in [0.05, 0.1) is 10.0 Å². The predicted molar refractivity (Wildman–Crippen MR) is 118 cm³/mol. The minimum absolute atomic E-state index is 0.659. The van der Waals surface area contributed by atoms with Gasteiger partial charge in [-0.2, -0.15) is 20.1 Å². The highest BCUT2D eigenvalue weighted by atomic mass is 35.5. The molecule has 0 heterocycles. The Labute approximate surface area is 158 Å². The summed E-state index contributed by atoms with van der Waals surface area (Å²) in [5.74, 6) is 6.42. The van der Waals surface area contributed by atoms with E-state index in [4.69, 9.17) is 23.2 Å². The van der Waals surface area contributed by atoms with Crippen LogP contribution in [0.3, 0.4) is 0 Å². The van der Waals surface area contributed by atoms with Gasteiger partial charge < -0.3 is 0 Å². The van der Waals surface area contributed by atoms with Crippen molar-refractivity contribution in [2.75, 3.05) is 37.5 Å². The van der Waals surface area contributed by atoms with Gasteiger partial charge >= 0.3 is 0 Å². The lowest BCUT2D eigenvalue weighted by molar-refractivity contribution is 1.66. The molecular weight excluding hydrogens is 375 g/mol. The average molecular weight is 397 g/mol. The largest absolute Gasteiger partial charge is 0.186 e. The molecule has 0 radical (unpaired) electrons. The van der Waals surface area contributed by atoms with Crippen molar-refractivity contribution in [3.63, 3.8) is 0 Å². The smallest absolute Gasteiger partial charge is 0.0641 e. The van der Waals surface area contributed by atoms with Crippen LogP contribution in [0.25, 0.3) is 10.8 Å². The Balaban J connectivity index is 2.58. The number of fused-ring (bicyclic) bond motifs is 1. The molecule has 0 bridgehead atoms. The fraction of sp³-hybridized carbons (Fsp3) is 0.300. The molecule has 0 nitrogen and oxygen atoms in total. The molecule has 4 heteroatoms. The van der Waals surface area contributed by atoms with Crippen LogP contribution in [0, 0.1) is 22.3 Å². The first-order valence-corrected chi connectivity index (χ1v) is 13.8. The van der Waals surface area contributed by atoms with Crippen molar-refractivity contribution in [1.82, 2.24) is 0 Å². The van der Waals surface area contributed by atoms with Gasteiger partial charge in [0, 0.05) is 21.9 Å². The summed E-state index contributed by atoms with van der Waals surface area (Å²) in [4.78, 5) is 0. The molecule has 0 N–H and O–H groups in total. The molecule has 2 aromatic carbocycles. The molecule has 0 saturated heterocycles. The average Bonchev–Trinajstić information content (AvgIpc) is 2.44. The third-order valence-electron chi connectivity index (χ3n) is 3.05. The molecular formula is C20H22Cl2S2. The third-order valence-corrected chi connectivity index (χ3v) is 5.30. The summed E-state index contributed by atoms with van der Waals surface area (Å²) in [7, 11) is -1.78. The second-order valence-electron chi connectivity index (χ2n) is 7.08. The lowest BCUT2D eigenvalue weighted by Gasteiger charge is -2.15. The van der Waals surface area contributed by atoms with Crippen LogP contribution in [0.4, 0.5) is 0 Å². The van der Waals surface area contributed by atoms with Crippen molar-refractivity contribution in [1.29, 1.82) is 0 Å². The van der Waals surface area contributed by atoms with Crippen LogP contribution in [0.5, 0.6) is 0 Å². The van der Waals surface area contributed by atoms with Crippen LogP contribution in [0.15, 0.2) is 24.3 Å². The van der Waals surface area contributed by atoms with Gasteiger partial charge in [-0.25, -0.2) is 0 Å². The van der Waals surface area contributed by atoms with Gasteiger partial charge in [-0.3, -0.25) is 0 Å². The molecule has 0 aromatic heterocycles. The zero-order chi connectivity index (χ0) is 18.1. The van der Waals surface area contributed by atoms with E-state index >= 15 is 0 Å². The van der Waals surface area contributed by atoms with Crippen molar-refractivity contribution < 1.29 is 0 Å².